The van der Waals surface area contributed by atoms with E-state index < -0.39 is 10.0 Å². The molecule has 1 fully saturated rings. The van der Waals surface area contributed by atoms with E-state index in [9.17, 15) is 8.42 Å². The zero-order valence-corrected chi connectivity index (χ0v) is 12.4. The fourth-order valence-corrected chi connectivity index (χ4v) is 3.18. The quantitative estimate of drug-likeness (QED) is 0.812. The molecule has 1 saturated heterocycles. The van der Waals surface area contributed by atoms with Gasteiger partial charge < -0.3 is 5.32 Å². The van der Waals surface area contributed by atoms with Crippen LogP contribution in [0.25, 0.3) is 0 Å². The van der Waals surface area contributed by atoms with Gasteiger partial charge in [-0.2, -0.15) is 5.10 Å². The molecule has 6 nitrogen and oxygen atoms in total. The molecule has 0 aliphatic carbocycles. The van der Waals surface area contributed by atoms with Gasteiger partial charge in [0.2, 0.25) is 10.0 Å². The van der Waals surface area contributed by atoms with E-state index in [1.54, 1.807) is 10.9 Å². The predicted octanol–water partition coefficient (Wildman–Crippen LogP) is -0.145. The lowest BCUT2D eigenvalue weighted by Crippen LogP contribution is -2.26. The van der Waals surface area contributed by atoms with Crippen molar-refractivity contribution in [1.82, 2.24) is 15.1 Å². The van der Waals surface area contributed by atoms with Crippen molar-refractivity contribution in [3.63, 3.8) is 0 Å². The Bertz CT molecular complexity index is 477. The zero-order chi connectivity index (χ0) is 11.8. The maximum atomic E-state index is 11.1. The molecular weight excluding hydrogens is 299 g/mol. The molecule has 2 atom stereocenters. The summed E-state index contributed by atoms with van der Waals surface area (Å²) in [6.45, 7) is 1.47. The van der Waals surface area contributed by atoms with Crippen LogP contribution >= 0.6 is 24.8 Å². The van der Waals surface area contributed by atoms with E-state index in [2.05, 4.69) is 10.4 Å². The lowest BCUT2D eigenvalue weighted by molar-refractivity contribution is 0.542. The molecule has 9 heteroatoms. The number of rotatable bonds is 3. The molecule has 1 aliphatic heterocycles. The van der Waals surface area contributed by atoms with Crippen molar-refractivity contribution < 1.29 is 8.42 Å². The Hall–Kier alpha value is -0.340. The van der Waals surface area contributed by atoms with Gasteiger partial charge in [0.15, 0.2) is 0 Å². The third-order valence-electron chi connectivity index (χ3n) is 2.94. The van der Waals surface area contributed by atoms with E-state index in [0.29, 0.717) is 6.54 Å². The monoisotopic (exact) mass is 316 g/mol. The number of nitrogens with two attached hydrogens (primary N) is 1. The first-order valence-corrected chi connectivity index (χ1v) is 6.87. The van der Waals surface area contributed by atoms with Gasteiger partial charge in [-0.1, -0.05) is 0 Å². The van der Waals surface area contributed by atoms with E-state index in [0.717, 1.165) is 12.1 Å². The molecule has 1 aromatic rings. The van der Waals surface area contributed by atoms with Crippen LogP contribution in [-0.2, 0) is 17.1 Å². The van der Waals surface area contributed by atoms with Gasteiger partial charge >= 0.3 is 0 Å². The molecule has 0 amide bonds. The van der Waals surface area contributed by atoms with Crippen molar-refractivity contribution in [2.45, 2.75) is 5.92 Å². The number of sulfonamides is 1. The molecule has 18 heavy (non-hydrogen) atoms. The molecule has 1 aliphatic rings. The van der Waals surface area contributed by atoms with Crippen LogP contribution in [-0.4, -0.2) is 37.0 Å². The van der Waals surface area contributed by atoms with Gasteiger partial charge in [0.05, 0.1) is 11.9 Å². The van der Waals surface area contributed by atoms with E-state index in [4.69, 9.17) is 5.14 Å². The minimum Gasteiger partial charge on any atom is -0.316 e. The molecule has 0 bridgehead atoms. The highest BCUT2D eigenvalue weighted by atomic mass is 35.5. The molecule has 0 aromatic carbocycles. The maximum Gasteiger partial charge on any atom is 0.209 e. The minimum atomic E-state index is -3.41. The smallest absolute Gasteiger partial charge is 0.209 e. The first-order valence-electron chi connectivity index (χ1n) is 5.15. The van der Waals surface area contributed by atoms with Crippen LogP contribution in [0.1, 0.15) is 11.5 Å². The fraction of sp³-hybridized carbons (Fsp3) is 0.667. The Morgan fingerprint density at radius 3 is 2.67 bits per heavy atom. The van der Waals surface area contributed by atoms with Crippen LogP contribution in [0.15, 0.2) is 12.4 Å². The second-order valence-corrected chi connectivity index (χ2v) is 5.96. The lowest BCUT2D eigenvalue weighted by atomic mass is 9.92. The summed E-state index contributed by atoms with van der Waals surface area (Å²) >= 11 is 0. The number of halogens is 2. The number of nitrogens with one attached hydrogen (secondary N) is 1. The summed E-state index contributed by atoms with van der Waals surface area (Å²) < 4.78 is 23.9. The van der Waals surface area contributed by atoms with Crippen LogP contribution in [0.3, 0.4) is 0 Å². The van der Waals surface area contributed by atoms with Crippen molar-refractivity contribution >= 4 is 34.8 Å². The number of hydrogen-bond acceptors (Lipinski definition) is 4. The predicted molar refractivity (Wildman–Crippen MR) is 74.8 cm³/mol. The standard InChI is InChI=1S/C9H16N4O2S.2ClH/c1-13-5-7(3-12-13)9-4-11-2-8(9)6-16(10,14)15;;/h3,5,8-9,11H,2,4,6H2,1H3,(H2,10,14,15);2*1H. The average molecular weight is 317 g/mol. The van der Waals surface area contributed by atoms with Gasteiger partial charge in [-0.25, -0.2) is 13.6 Å². The van der Waals surface area contributed by atoms with Gasteiger partial charge in [0.25, 0.3) is 0 Å². The molecule has 2 heterocycles. The highest BCUT2D eigenvalue weighted by molar-refractivity contribution is 7.89. The van der Waals surface area contributed by atoms with Crippen molar-refractivity contribution in [3.05, 3.63) is 18.0 Å². The Labute approximate surface area is 119 Å². The average Bonchev–Trinajstić information content (AvgIpc) is 2.71. The van der Waals surface area contributed by atoms with Crippen molar-refractivity contribution in [3.8, 4) is 0 Å². The lowest BCUT2D eigenvalue weighted by Gasteiger charge is -2.15. The van der Waals surface area contributed by atoms with E-state index in [1.807, 2.05) is 13.2 Å². The normalized spacial score (nSPS) is 23.2. The largest absolute Gasteiger partial charge is 0.316 e. The fourth-order valence-electron chi connectivity index (χ4n) is 2.23. The molecule has 0 saturated carbocycles. The molecule has 3 N–H and O–H groups in total. The summed E-state index contributed by atoms with van der Waals surface area (Å²) in [7, 11) is -1.56. The molecule has 0 radical (unpaired) electrons. The summed E-state index contributed by atoms with van der Waals surface area (Å²) in [4.78, 5) is 0. The minimum absolute atomic E-state index is 0. The summed E-state index contributed by atoms with van der Waals surface area (Å²) in [6, 6.07) is 0. The molecule has 2 unspecified atom stereocenters. The molecule has 106 valence electrons. The SMILES string of the molecule is Cl.Cl.Cn1cc(C2CNCC2CS(N)(=O)=O)cn1. The summed E-state index contributed by atoms with van der Waals surface area (Å²) in [5, 5.41) is 12.4. The molecule has 0 spiro atoms. The first-order chi connectivity index (χ1) is 7.46. The van der Waals surface area contributed by atoms with Crippen LogP contribution in [0, 0.1) is 5.92 Å². The second-order valence-electron chi connectivity index (χ2n) is 4.30. The van der Waals surface area contributed by atoms with Gasteiger partial charge in [-0.15, -0.1) is 24.8 Å². The van der Waals surface area contributed by atoms with Crippen molar-refractivity contribution in [1.29, 1.82) is 0 Å². The Morgan fingerprint density at radius 1 is 1.50 bits per heavy atom. The zero-order valence-electron chi connectivity index (χ0n) is 9.94. The van der Waals surface area contributed by atoms with Crippen LogP contribution in [0.4, 0.5) is 0 Å². The van der Waals surface area contributed by atoms with Crippen LogP contribution in [0.5, 0.6) is 0 Å². The van der Waals surface area contributed by atoms with Crippen molar-refractivity contribution in [2.24, 2.45) is 18.1 Å². The van der Waals surface area contributed by atoms with Gasteiger partial charge in [-0.05, 0) is 18.0 Å². The second kappa shape index (κ2) is 6.72. The highest BCUT2D eigenvalue weighted by Gasteiger charge is 2.31. The highest BCUT2D eigenvalue weighted by Crippen LogP contribution is 2.28. The van der Waals surface area contributed by atoms with Crippen molar-refractivity contribution in [2.75, 3.05) is 18.8 Å². The number of hydrogen-bond donors (Lipinski definition) is 2. The Balaban J connectivity index is 0.00000144. The van der Waals surface area contributed by atoms with Gasteiger partial charge in [0, 0.05) is 25.7 Å². The van der Waals surface area contributed by atoms with E-state index in [-0.39, 0.29) is 42.4 Å². The molecular formula is C9H18Cl2N4O2S. The van der Waals surface area contributed by atoms with E-state index >= 15 is 0 Å². The number of nitrogens with zero attached hydrogens (tertiary/aromatic N) is 2. The molecule has 1 aromatic heterocycles. The first kappa shape index (κ1) is 17.7. The summed E-state index contributed by atoms with van der Waals surface area (Å²) in [5.74, 6) is 0.255. The topological polar surface area (TPSA) is 90.0 Å². The molecule has 2 rings (SSSR count). The number of aryl methyl sites for hydroxylation is 1. The van der Waals surface area contributed by atoms with Gasteiger partial charge in [0.1, 0.15) is 0 Å². The maximum absolute atomic E-state index is 11.1. The van der Waals surface area contributed by atoms with Gasteiger partial charge in [-0.3, -0.25) is 4.68 Å². The number of primary sulfonamides is 1. The summed E-state index contributed by atoms with van der Waals surface area (Å²) in [5.41, 5.74) is 1.07. The Kier molecular flexibility index (Phi) is 6.59. The van der Waals surface area contributed by atoms with Crippen LogP contribution in [0.2, 0.25) is 0 Å². The third kappa shape index (κ3) is 4.40. The third-order valence-corrected chi connectivity index (χ3v) is 3.83. The number of aromatic nitrogens is 2. The summed E-state index contributed by atoms with van der Waals surface area (Å²) in [6.07, 6.45) is 3.71. The van der Waals surface area contributed by atoms with E-state index in [1.165, 1.54) is 0 Å². The van der Waals surface area contributed by atoms with Crippen LogP contribution < -0.4 is 10.5 Å². The Morgan fingerprint density at radius 2 is 2.17 bits per heavy atom.